The molecule has 0 atom stereocenters. The fourth-order valence-corrected chi connectivity index (χ4v) is 3.88. The van der Waals surface area contributed by atoms with Crippen LogP contribution in [-0.2, 0) is 10.0 Å². The van der Waals surface area contributed by atoms with Crippen LogP contribution in [0.1, 0.15) is 71.3 Å². The number of sulfonamides is 1. The molecule has 0 saturated heterocycles. The Morgan fingerprint density at radius 3 is 2.04 bits per heavy atom. The highest BCUT2D eigenvalue weighted by Crippen LogP contribution is 2.16. The second-order valence-corrected chi connectivity index (χ2v) is 8.09. The molecule has 0 amide bonds. The molecule has 0 N–H and O–H groups in total. The molecule has 4 nitrogen and oxygen atoms in total. The lowest BCUT2D eigenvalue weighted by Crippen LogP contribution is -2.31. The van der Waals surface area contributed by atoms with E-state index in [0.29, 0.717) is 5.84 Å². The van der Waals surface area contributed by atoms with Crippen molar-refractivity contribution < 1.29 is 8.42 Å². The average Bonchev–Trinajstić information content (AvgIpc) is 2.59. The van der Waals surface area contributed by atoms with Gasteiger partial charge in [0.25, 0.3) is 10.0 Å². The predicted octanol–water partition coefficient (Wildman–Crippen LogP) is 5.17. The average molecular weight is 367 g/mol. The first-order valence-corrected chi connectivity index (χ1v) is 11.0. The molecule has 1 aromatic carbocycles. The van der Waals surface area contributed by atoms with Gasteiger partial charge in [-0.15, -0.1) is 4.40 Å². The third kappa shape index (κ3) is 7.59. The largest absolute Gasteiger partial charge is 0.360 e. The third-order valence-corrected chi connectivity index (χ3v) is 5.75. The molecule has 0 bridgehead atoms. The van der Waals surface area contributed by atoms with Gasteiger partial charge in [-0.2, -0.15) is 8.42 Å². The van der Waals surface area contributed by atoms with Crippen LogP contribution in [0, 0.1) is 6.92 Å². The fourth-order valence-electron chi connectivity index (χ4n) is 2.82. The van der Waals surface area contributed by atoms with E-state index in [1.165, 1.54) is 25.7 Å². The maximum Gasteiger partial charge on any atom is 0.283 e. The van der Waals surface area contributed by atoms with Gasteiger partial charge in [-0.3, -0.25) is 0 Å². The van der Waals surface area contributed by atoms with Gasteiger partial charge in [-0.1, -0.05) is 56.7 Å². The Kier molecular flexibility index (Phi) is 9.79. The predicted molar refractivity (Wildman–Crippen MR) is 107 cm³/mol. The number of hydrogen-bond acceptors (Lipinski definition) is 2. The molecule has 1 rings (SSSR count). The second kappa shape index (κ2) is 11.3. The molecule has 0 aliphatic carbocycles. The van der Waals surface area contributed by atoms with E-state index >= 15 is 0 Å². The summed E-state index contributed by atoms with van der Waals surface area (Å²) in [6, 6.07) is 6.90. The zero-order valence-corrected chi connectivity index (χ0v) is 17.1. The van der Waals surface area contributed by atoms with Crippen LogP contribution in [0.25, 0.3) is 0 Å². The van der Waals surface area contributed by atoms with Gasteiger partial charge >= 0.3 is 0 Å². The second-order valence-electron chi connectivity index (χ2n) is 6.49. The van der Waals surface area contributed by atoms with Crippen molar-refractivity contribution in [3.8, 4) is 0 Å². The van der Waals surface area contributed by atoms with Crippen molar-refractivity contribution in [2.24, 2.45) is 4.40 Å². The van der Waals surface area contributed by atoms with Gasteiger partial charge in [0.15, 0.2) is 0 Å². The molecule has 5 heteroatoms. The monoisotopic (exact) mass is 366 g/mol. The SMILES string of the molecule is CCCCCCCC/C(=N/S(=O)(=O)c1ccc(C)cc1)N(CC)CC. The van der Waals surface area contributed by atoms with Crippen molar-refractivity contribution in [2.75, 3.05) is 13.1 Å². The summed E-state index contributed by atoms with van der Waals surface area (Å²) in [6.07, 6.45) is 7.83. The molecule has 0 spiro atoms. The molecular formula is C20H34N2O2S. The Hall–Kier alpha value is -1.36. The number of rotatable bonds is 11. The van der Waals surface area contributed by atoms with E-state index in [0.717, 1.165) is 37.9 Å². The van der Waals surface area contributed by atoms with Crippen LogP contribution in [0.3, 0.4) is 0 Å². The third-order valence-electron chi connectivity index (χ3n) is 4.43. The summed E-state index contributed by atoms with van der Waals surface area (Å²) in [4.78, 5) is 2.32. The van der Waals surface area contributed by atoms with E-state index in [2.05, 4.69) is 16.2 Å². The molecule has 25 heavy (non-hydrogen) atoms. The Morgan fingerprint density at radius 1 is 0.920 bits per heavy atom. The van der Waals surface area contributed by atoms with Gasteiger partial charge in [0.05, 0.1) is 4.90 Å². The van der Waals surface area contributed by atoms with E-state index in [-0.39, 0.29) is 4.90 Å². The van der Waals surface area contributed by atoms with E-state index in [1.54, 1.807) is 12.1 Å². The van der Waals surface area contributed by atoms with Gasteiger partial charge in [0.2, 0.25) is 0 Å². The summed E-state index contributed by atoms with van der Waals surface area (Å²) in [5.74, 6) is 0.695. The standard InChI is InChI=1S/C20H34N2O2S/c1-5-8-9-10-11-12-13-20(22(6-2)7-3)21-25(23,24)19-16-14-18(4)15-17-19/h14-17H,5-13H2,1-4H3/b21-20-. The van der Waals surface area contributed by atoms with Crippen LogP contribution in [0.4, 0.5) is 0 Å². The molecule has 0 heterocycles. The minimum Gasteiger partial charge on any atom is -0.360 e. The van der Waals surface area contributed by atoms with Gasteiger partial charge in [0, 0.05) is 19.5 Å². The van der Waals surface area contributed by atoms with E-state index in [4.69, 9.17) is 0 Å². The minimum atomic E-state index is -3.65. The lowest BCUT2D eigenvalue weighted by molar-refractivity contribution is 0.451. The van der Waals surface area contributed by atoms with Crippen LogP contribution >= 0.6 is 0 Å². The quantitative estimate of drug-likeness (QED) is 0.308. The summed E-state index contributed by atoms with van der Waals surface area (Å²) in [6.45, 7) is 9.78. The smallest absolute Gasteiger partial charge is 0.283 e. The van der Waals surface area contributed by atoms with Crippen LogP contribution in [-0.4, -0.2) is 32.2 Å². The first-order valence-electron chi connectivity index (χ1n) is 9.60. The number of nitrogens with zero attached hydrogens (tertiary/aromatic N) is 2. The zero-order valence-electron chi connectivity index (χ0n) is 16.3. The number of aryl methyl sites for hydroxylation is 1. The van der Waals surface area contributed by atoms with Crippen molar-refractivity contribution in [1.29, 1.82) is 0 Å². The Balaban J connectivity index is 2.86. The van der Waals surface area contributed by atoms with Crippen LogP contribution in [0.5, 0.6) is 0 Å². The van der Waals surface area contributed by atoms with Crippen LogP contribution in [0.15, 0.2) is 33.6 Å². The van der Waals surface area contributed by atoms with E-state index in [9.17, 15) is 8.42 Å². The fraction of sp³-hybridized carbons (Fsp3) is 0.650. The lowest BCUT2D eigenvalue weighted by Gasteiger charge is -2.23. The summed E-state index contributed by atoms with van der Waals surface area (Å²) < 4.78 is 29.5. The van der Waals surface area contributed by atoms with Crippen molar-refractivity contribution in [3.05, 3.63) is 29.8 Å². The molecule has 1 aromatic rings. The molecule has 0 aromatic heterocycles. The summed E-state index contributed by atoms with van der Waals surface area (Å²) >= 11 is 0. The topological polar surface area (TPSA) is 49.7 Å². The lowest BCUT2D eigenvalue weighted by atomic mass is 10.1. The van der Waals surface area contributed by atoms with E-state index in [1.807, 2.05) is 32.9 Å². The molecular weight excluding hydrogens is 332 g/mol. The Labute approximate surface area is 154 Å². The molecule has 0 unspecified atom stereocenters. The number of benzene rings is 1. The van der Waals surface area contributed by atoms with Crippen molar-refractivity contribution in [2.45, 2.75) is 77.5 Å². The molecule has 0 radical (unpaired) electrons. The number of amidine groups is 1. The van der Waals surface area contributed by atoms with Crippen molar-refractivity contribution >= 4 is 15.9 Å². The minimum absolute atomic E-state index is 0.269. The van der Waals surface area contributed by atoms with E-state index < -0.39 is 10.0 Å². The van der Waals surface area contributed by atoms with Gasteiger partial charge < -0.3 is 4.90 Å². The van der Waals surface area contributed by atoms with Crippen LogP contribution in [0.2, 0.25) is 0 Å². The normalized spacial score (nSPS) is 12.4. The summed E-state index contributed by atoms with van der Waals surface area (Å²) in [5.41, 5.74) is 1.04. The van der Waals surface area contributed by atoms with Crippen molar-refractivity contribution in [3.63, 3.8) is 0 Å². The summed E-state index contributed by atoms with van der Waals surface area (Å²) in [7, 11) is -3.65. The Bertz CT molecular complexity index is 618. The van der Waals surface area contributed by atoms with Gasteiger partial charge in [-0.05, 0) is 39.3 Å². The molecule has 142 valence electrons. The highest BCUT2D eigenvalue weighted by molar-refractivity contribution is 7.90. The van der Waals surface area contributed by atoms with Gasteiger partial charge in [-0.25, -0.2) is 0 Å². The van der Waals surface area contributed by atoms with Crippen molar-refractivity contribution in [1.82, 2.24) is 4.90 Å². The number of unbranched alkanes of at least 4 members (excludes halogenated alkanes) is 5. The zero-order chi connectivity index (χ0) is 18.7. The highest BCUT2D eigenvalue weighted by Gasteiger charge is 2.17. The molecule has 0 fully saturated rings. The molecule has 0 aliphatic heterocycles. The highest BCUT2D eigenvalue weighted by atomic mass is 32.2. The molecule has 0 saturated carbocycles. The first-order chi connectivity index (χ1) is 11.9. The number of hydrogen-bond donors (Lipinski definition) is 0. The Morgan fingerprint density at radius 2 is 1.48 bits per heavy atom. The van der Waals surface area contributed by atoms with Gasteiger partial charge in [0.1, 0.15) is 5.84 Å². The maximum atomic E-state index is 12.7. The first kappa shape index (κ1) is 21.7. The summed E-state index contributed by atoms with van der Waals surface area (Å²) in [5, 5.41) is 0. The maximum absolute atomic E-state index is 12.7. The molecule has 0 aliphatic rings. The van der Waals surface area contributed by atoms with Crippen LogP contribution < -0.4 is 0 Å².